The molecule has 5 heterocycles. The summed E-state index contributed by atoms with van der Waals surface area (Å²) in [5.41, 5.74) is 0.0164. The van der Waals surface area contributed by atoms with Crippen LogP contribution in [0.1, 0.15) is 24.1 Å². The first-order valence-electron chi connectivity index (χ1n) is 11.8. The SMILES string of the molecule is Cl.Cl.O=c1ccc2ccc(F)c3c2n1CC3(O)CN1CCC(NCc2cc3c(cn2)OCCO3)CC1. The van der Waals surface area contributed by atoms with Crippen LogP contribution in [0, 0.1) is 5.82 Å². The Morgan fingerprint density at radius 1 is 1.11 bits per heavy atom. The summed E-state index contributed by atoms with van der Waals surface area (Å²) >= 11 is 0. The maximum atomic E-state index is 14.8. The lowest BCUT2D eigenvalue weighted by molar-refractivity contribution is -0.0159. The van der Waals surface area contributed by atoms with E-state index in [1.807, 2.05) is 6.07 Å². The Bertz CT molecular complexity index is 1320. The lowest BCUT2D eigenvalue weighted by Crippen LogP contribution is -2.48. The van der Waals surface area contributed by atoms with Gasteiger partial charge in [0.1, 0.15) is 24.6 Å². The molecule has 8 nitrogen and oxygen atoms in total. The molecule has 0 saturated carbocycles. The zero-order valence-electron chi connectivity index (χ0n) is 19.6. The fourth-order valence-corrected chi connectivity index (χ4v) is 5.44. The Morgan fingerprint density at radius 2 is 1.83 bits per heavy atom. The molecule has 194 valence electrons. The molecule has 3 aromatic rings. The van der Waals surface area contributed by atoms with E-state index in [1.165, 1.54) is 16.7 Å². The number of halogens is 3. The van der Waals surface area contributed by atoms with Gasteiger partial charge in [0.25, 0.3) is 5.56 Å². The Balaban J connectivity index is 0.00000152. The second-order valence-corrected chi connectivity index (χ2v) is 9.40. The van der Waals surface area contributed by atoms with Crippen molar-refractivity contribution in [3.05, 3.63) is 64.0 Å². The van der Waals surface area contributed by atoms with Crippen LogP contribution in [0.5, 0.6) is 11.5 Å². The highest BCUT2D eigenvalue weighted by Crippen LogP contribution is 2.38. The summed E-state index contributed by atoms with van der Waals surface area (Å²) < 4.78 is 27.5. The van der Waals surface area contributed by atoms with E-state index in [0.29, 0.717) is 43.6 Å². The number of β-amino-alcohol motifs (C(OH)–C–C–N with tert-alkyl or cyclic N) is 1. The van der Waals surface area contributed by atoms with Crippen LogP contribution in [0.4, 0.5) is 4.39 Å². The largest absolute Gasteiger partial charge is 0.486 e. The molecule has 0 amide bonds. The molecule has 6 rings (SSSR count). The Morgan fingerprint density at radius 3 is 2.61 bits per heavy atom. The number of piperidine rings is 1. The van der Waals surface area contributed by atoms with Crippen LogP contribution in [0.2, 0.25) is 0 Å². The number of hydrogen-bond donors (Lipinski definition) is 2. The molecule has 1 unspecified atom stereocenters. The summed E-state index contributed by atoms with van der Waals surface area (Å²) in [4.78, 5) is 19.0. The third-order valence-electron chi connectivity index (χ3n) is 7.12. The fraction of sp³-hybridized carbons (Fsp3) is 0.440. The predicted octanol–water partition coefficient (Wildman–Crippen LogP) is 2.61. The van der Waals surface area contributed by atoms with Gasteiger partial charge in [0.05, 0.1) is 24.0 Å². The minimum Gasteiger partial charge on any atom is -0.486 e. The van der Waals surface area contributed by atoms with E-state index in [1.54, 1.807) is 18.3 Å². The molecule has 11 heteroatoms. The van der Waals surface area contributed by atoms with Crippen molar-refractivity contribution in [1.29, 1.82) is 0 Å². The second-order valence-electron chi connectivity index (χ2n) is 9.40. The standard InChI is InChI=1S/C25H27FN4O4.2ClH/c26-19-3-1-16-2-4-22(31)30-15-25(32,23(19)24(16)30)14-29-7-5-17(6-8-29)27-12-18-11-20-21(13-28-18)34-10-9-33-20;;/h1-4,11,13,17,27,32H,5-10,12,14-15H2;2*1H. The average molecular weight is 539 g/mol. The van der Waals surface area contributed by atoms with Crippen molar-refractivity contribution in [1.82, 2.24) is 19.8 Å². The highest BCUT2D eigenvalue weighted by atomic mass is 35.5. The minimum absolute atomic E-state index is 0. The smallest absolute Gasteiger partial charge is 0.251 e. The molecule has 36 heavy (non-hydrogen) atoms. The molecule has 2 N–H and O–H groups in total. The van der Waals surface area contributed by atoms with Gasteiger partial charge in [-0.3, -0.25) is 14.7 Å². The number of aromatic nitrogens is 2. The van der Waals surface area contributed by atoms with Gasteiger partial charge in [-0.1, -0.05) is 0 Å². The lowest BCUT2D eigenvalue weighted by Gasteiger charge is -2.37. The van der Waals surface area contributed by atoms with Crippen molar-refractivity contribution >= 4 is 35.7 Å². The normalized spacial score (nSPS) is 21.2. The van der Waals surface area contributed by atoms with E-state index < -0.39 is 11.4 Å². The number of nitrogens with one attached hydrogen (secondary N) is 1. The molecule has 1 fully saturated rings. The maximum absolute atomic E-state index is 14.8. The van der Waals surface area contributed by atoms with Crippen molar-refractivity contribution in [3.63, 3.8) is 0 Å². The van der Waals surface area contributed by atoms with E-state index in [4.69, 9.17) is 9.47 Å². The Labute approximate surface area is 220 Å². The summed E-state index contributed by atoms with van der Waals surface area (Å²) in [5, 5.41) is 15.8. The second kappa shape index (κ2) is 10.5. The lowest BCUT2D eigenvalue weighted by atomic mass is 9.92. The molecule has 1 saturated heterocycles. The summed E-state index contributed by atoms with van der Waals surface area (Å²) in [6.45, 7) is 3.65. The number of rotatable bonds is 5. The first-order chi connectivity index (χ1) is 16.5. The van der Waals surface area contributed by atoms with Crippen LogP contribution in [-0.4, -0.2) is 58.4 Å². The highest BCUT2D eigenvalue weighted by Gasteiger charge is 2.42. The molecule has 0 aliphatic carbocycles. The summed E-state index contributed by atoms with van der Waals surface area (Å²) in [6.07, 6.45) is 3.51. The van der Waals surface area contributed by atoms with Crippen LogP contribution < -0.4 is 20.3 Å². The number of fused-ring (bicyclic) bond motifs is 1. The van der Waals surface area contributed by atoms with Gasteiger partial charge in [-0.25, -0.2) is 4.39 Å². The molecular formula is C25H29Cl2FN4O4. The van der Waals surface area contributed by atoms with Gasteiger partial charge < -0.3 is 24.5 Å². The van der Waals surface area contributed by atoms with E-state index >= 15 is 0 Å². The maximum Gasteiger partial charge on any atom is 0.251 e. The number of nitrogens with zero attached hydrogens (tertiary/aromatic N) is 3. The predicted molar refractivity (Wildman–Crippen MR) is 138 cm³/mol. The number of pyridine rings is 2. The van der Waals surface area contributed by atoms with Gasteiger partial charge in [-0.05, 0) is 49.5 Å². The van der Waals surface area contributed by atoms with E-state index in [2.05, 4.69) is 15.2 Å². The summed E-state index contributed by atoms with van der Waals surface area (Å²) in [6, 6.07) is 8.44. The number of aliphatic hydroxyl groups is 1. The third-order valence-corrected chi connectivity index (χ3v) is 7.12. The van der Waals surface area contributed by atoms with E-state index in [0.717, 1.165) is 42.8 Å². The molecular weight excluding hydrogens is 510 g/mol. The van der Waals surface area contributed by atoms with Crippen LogP contribution in [-0.2, 0) is 18.7 Å². The van der Waals surface area contributed by atoms with Crippen LogP contribution in [0.15, 0.2) is 41.3 Å². The van der Waals surface area contributed by atoms with Crippen LogP contribution in [0.25, 0.3) is 10.9 Å². The van der Waals surface area contributed by atoms with E-state index in [-0.39, 0.29) is 42.5 Å². The molecule has 3 aliphatic heterocycles. The highest BCUT2D eigenvalue weighted by molar-refractivity contribution is 5.86. The topological polar surface area (TPSA) is 88.9 Å². The van der Waals surface area contributed by atoms with Gasteiger partial charge in [0, 0.05) is 36.8 Å². The van der Waals surface area contributed by atoms with Gasteiger partial charge in [-0.2, -0.15) is 0 Å². The zero-order chi connectivity index (χ0) is 23.3. The number of ether oxygens (including phenoxy) is 2. The van der Waals surface area contributed by atoms with Crippen molar-refractivity contribution in [2.75, 3.05) is 32.8 Å². The Kier molecular flexibility index (Phi) is 7.78. The number of benzene rings is 1. The Hall–Kier alpha value is -2.43. The van der Waals surface area contributed by atoms with Crippen molar-refractivity contribution in [2.24, 2.45) is 0 Å². The first kappa shape index (κ1) is 26.6. The van der Waals surface area contributed by atoms with Gasteiger partial charge in [0.15, 0.2) is 11.5 Å². The third kappa shape index (κ3) is 4.78. The molecule has 0 spiro atoms. The fourth-order valence-electron chi connectivity index (χ4n) is 5.44. The van der Waals surface area contributed by atoms with Crippen LogP contribution >= 0.6 is 24.8 Å². The molecule has 2 aromatic heterocycles. The van der Waals surface area contributed by atoms with Gasteiger partial charge >= 0.3 is 0 Å². The molecule has 0 radical (unpaired) electrons. The van der Waals surface area contributed by atoms with Gasteiger partial charge in [0.2, 0.25) is 0 Å². The van der Waals surface area contributed by atoms with Crippen molar-refractivity contribution < 1.29 is 19.0 Å². The monoisotopic (exact) mass is 538 g/mol. The average Bonchev–Trinajstić information content (AvgIpc) is 3.17. The van der Waals surface area contributed by atoms with Crippen molar-refractivity contribution in [2.45, 2.75) is 37.6 Å². The number of hydrogen-bond acceptors (Lipinski definition) is 7. The summed E-state index contributed by atoms with van der Waals surface area (Å²) in [7, 11) is 0. The molecule has 3 aliphatic rings. The van der Waals surface area contributed by atoms with E-state index in [9.17, 15) is 14.3 Å². The zero-order valence-corrected chi connectivity index (χ0v) is 21.2. The number of likely N-dealkylation sites (tertiary alicyclic amines) is 1. The minimum atomic E-state index is -1.42. The van der Waals surface area contributed by atoms with Crippen LogP contribution in [0.3, 0.4) is 0 Å². The molecule has 0 bridgehead atoms. The van der Waals surface area contributed by atoms with Crippen molar-refractivity contribution in [3.8, 4) is 11.5 Å². The molecule has 1 aromatic carbocycles. The first-order valence-corrected chi connectivity index (χ1v) is 11.8. The molecule has 1 atom stereocenters. The summed E-state index contributed by atoms with van der Waals surface area (Å²) in [5.74, 6) is 0.958. The quantitative estimate of drug-likeness (QED) is 0.516. The van der Waals surface area contributed by atoms with Gasteiger partial charge in [-0.15, -0.1) is 24.8 Å².